The summed E-state index contributed by atoms with van der Waals surface area (Å²) in [5.74, 6) is 0. The predicted molar refractivity (Wildman–Crippen MR) is 68.3 cm³/mol. The molecule has 0 fully saturated rings. The van der Waals surface area contributed by atoms with E-state index in [2.05, 4.69) is 4.98 Å². The minimum atomic E-state index is -1.43. The fraction of sp³-hybridized carbons (Fsp3) is 0.0769. The van der Waals surface area contributed by atoms with Gasteiger partial charge in [-0.15, -0.1) is 0 Å². The number of non-ortho nitro benzene ring substituents is 1. The van der Waals surface area contributed by atoms with E-state index in [-0.39, 0.29) is 5.69 Å². The number of aromatic nitrogens is 1. The number of nitrogens with zero attached hydrogens (tertiary/aromatic N) is 2. The molecule has 1 atom stereocenters. The first kappa shape index (κ1) is 13.5. The van der Waals surface area contributed by atoms with Crippen molar-refractivity contribution in [3.63, 3.8) is 0 Å². The van der Waals surface area contributed by atoms with Crippen LogP contribution in [0.4, 0.5) is 10.5 Å². The zero-order chi connectivity index (χ0) is 14.5. The number of carbonyl (C=O) groups is 1. The minimum absolute atomic E-state index is 0.0750. The van der Waals surface area contributed by atoms with E-state index in [1.807, 2.05) is 0 Å². The molecule has 0 aliphatic heterocycles. The third-order valence-electron chi connectivity index (χ3n) is 2.61. The van der Waals surface area contributed by atoms with Crippen LogP contribution in [0.2, 0.25) is 0 Å². The summed E-state index contributed by atoms with van der Waals surface area (Å²) in [5, 5.41) is 19.4. The lowest BCUT2D eigenvalue weighted by atomic mass is 10.0. The highest BCUT2D eigenvalue weighted by atomic mass is 16.7. The van der Waals surface area contributed by atoms with E-state index in [0.29, 0.717) is 11.1 Å². The number of rotatable bonds is 4. The van der Waals surface area contributed by atoms with E-state index >= 15 is 0 Å². The Labute approximate surface area is 113 Å². The van der Waals surface area contributed by atoms with Crippen molar-refractivity contribution in [2.45, 2.75) is 6.10 Å². The number of nitro groups is 1. The molecule has 0 amide bonds. The summed E-state index contributed by atoms with van der Waals surface area (Å²) in [5.41, 5.74) is 0.962. The molecule has 1 aromatic carbocycles. The van der Waals surface area contributed by atoms with E-state index in [4.69, 9.17) is 9.84 Å². The summed E-state index contributed by atoms with van der Waals surface area (Å²) in [6.45, 7) is 0. The number of nitro benzene ring substituents is 1. The van der Waals surface area contributed by atoms with E-state index in [0.717, 1.165) is 0 Å². The van der Waals surface area contributed by atoms with Gasteiger partial charge in [-0.25, -0.2) is 4.79 Å². The summed E-state index contributed by atoms with van der Waals surface area (Å²) >= 11 is 0. The number of hydrogen-bond acceptors (Lipinski definition) is 5. The highest BCUT2D eigenvalue weighted by molar-refractivity contribution is 5.58. The molecule has 20 heavy (non-hydrogen) atoms. The Morgan fingerprint density at radius 2 is 1.95 bits per heavy atom. The molecule has 0 saturated carbocycles. The van der Waals surface area contributed by atoms with Crippen LogP contribution in [0.5, 0.6) is 0 Å². The molecule has 0 bridgehead atoms. The lowest BCUT2D eigenvalue weighted by Gasteiger charge is -2.16. The van der Waals surface area contributed by atoms with Gasteiger partial charge in [0.2, 0.25) is 0 Å². The molecular weight excluding hydrogens is 264 g/mol. The van der Waals surface area contributed by atoms with Crippen LogP contribution in [-0.2, 0) is 4.74 Å². The number of carboxylic acid groups (broad SMARTS) is 1. The van der Waals surface area contributed by atoms with Crippen LogP contribution in [0, 0.1) is 10.1 Å². The first-order valence-corrected chi connectivity index (χ1v) is 5.62. The lowest BCUT2D eigenvalue weighted by Crippen LogP contribution is -2.11. The summed E-state index contributed by atoms with van der Waals surface area (Å²) in [6.07, 6.45) is 0.728. The van der Waals surface area contributed by atoms with Crippen molar-refractivity contribution in [2.24, 2.45) is 0 Å². The standard InChI is InChI=1S/C13H10N2O5/c16-13(17)20-12(10-2-1-7-14-8-10)9-3-5-11(6-4-9)15(18)19/h1-8,12H,(H,16,17). The predicted octanol–water partition coefficient (Wildman–Crippen LogP) is 2.77. The molecule has 7 nitrogen and oxygen atoms in total. The van der Waals surface area contributed by atoms with E-state index in [1.165, 1.54) is 30.5 Å². The molecule has 0 aliphatic rings. The van der Waals surface area contributed by atoms with Crippen molar-refractivity contribution < 1.29 is 19.6 Å². The zero-order valence-electron chi connectivity index (χ0n) is 10.2. The van der Waals surface area contributed by atoms with Crippen LogP contribution in [0.1, 0.15) is 17.2 Å². The van der Waals surface area contributed by atoms with Gasteiger partial charge < -0.3 is 9.84 Å². The zero-order valence-corrected chi connectivity index (χ0v) is 10.2. The van der Waals surface area contributed by atoms with Crippen LogP contribution >= 0.6 is 0 Å². The monoisotopic (exact) mass is 274 g/mol. The maximum atomic E-state index is 10.8. The summed E-state index contributed by atoms with van der Waals surface area (Å²) in [4.78, 5) is 24.8. The van der Waals surface area contributed by atoms with Gasteiger partial charge in [-0.2, -0.15) is 0 Å². The van der Waals surface area contributed by atoms with Crippen LogP contribution in [0.25, 0.3) is 0 Å². The highest BCUT2D eigenvalue weighted by Gasteiger charge is 2.19. The molecule has 2 rings (SSSR count). The molecule has 1 aromatic heterocycles. The molecule has 0 saturated heterocycles. The molecule has 1 N–H and O–H groups in total. The third-order valence-corrected chi connectivity index (χ3v) is 2.61. The number of benzene rings is 1. The third kappa shape index (κ3) is 3.08. The van der Waals surface area contributed by atoms with Crippen LogP contribution in [0.3, 0.4) is 0 Å². The van der Waals surface area contributed by atoms with Gasteiger partial charge in [0.05, 0.1) is 4.92 Å². The van der Waals surface area contributed by atoms with Crippen molar-refractivity contribution in [1.82, 2.24) is 4.98 Å². The van der Waals surface area contributed by atoms with Gasteiger partial charge in [-0.1, -0.05) is 6.07 Å². The Balaban J connectivity index is 2.36. The molecule has 0 radical (unpaired) electrons. The van der Waals surface area contributed by atoms with Crippen LogP contribution < -0.4 is 0 Å². The average Bonchev–Trinajstić information content (AvgIpc) is 2.45. The SMILES string of the molecule is O=C(O)OC(c1ccc([N+](=O)[O-])cc1)c1cccnc1. The maximum absolute atomic E-state index is 10.8. The van der Waals surface area contributed by atoms with Gasteiger partial charge in [0.15, 0.2) is 6.10 Å². The van der Waals surface area contributed by atoms with E-state index < -0.39 is 17.2 Å². The van der Waals surface area contributed by atoms with Crippen LogP contribution in [0.15, 0.2) is 48.8 Å². The second-order valence-corrected chi connectivity index (χ2v) is 3.90. The number of hydrogen-bond donors (Lipinski definition) is 1. The fourth-order valence-electron chi connectivity index (χ4n) is 1.73. The first-order chi connectivity index (χ1) is 9.58. The van der Waals surface area contributed by atoms with Gasteiger partial charge >= 0.3 is 6.16 Å². The molecule has 1 unspecified atom stereocenters. The van der Waals surface area contributed by atoms with Crippen LogP contribution in [-0.4, -0.2) is 21.2 Å². The van der Waals surface area contributed by atoms with Crippen molar-refractivity contribution in [2.75, 3.05) is 0 Å². The van der Waals surface area contributed by atoms with Crippen molar-refractivity contribution in [3.05, 3.63) is 70.0 Å². The Hall–Kier alpha value is -2.96. The van der Waals surface area contributed by atoms with Crippen molar-refractivity contribution in [1.29, 1.82) is 0 Å². The average molecular weight is 274 g/mol. The number of pyridine rings is 1. The maximum Gasteiger partial charge on any atom is 0.506 e. The highest BCUT2D eigenvalue weighted by Crippen LogP contribution is 2.27. The quantitative estimate of drug-likeness (QED) is 0.522. The Morgan fingerprint density at radius 1 is 1.25 bits per heavy atom. The molecule has 102 valence electrons. The smallest absolute Gasteiger partial charge is 0.450 e. The van der Waals surface area contributed by atoms with Gasteiger partial charge in [0.1, 0.15) is 0 Å². The van der Waals surface area contributed by atoms with Gasteiger partial charge in [-0.05, 0) is 23.8 Å². The Kier molecular flexibility index (Phi) is 3.90. The van der Waals surface area contributed by atoms with E-state index in [9.17, 15) is 14.9 Å². The lowest BCUT2D eigenvalue weighted by molar-refractivity contribution is -0.384. The van der Waals surface area contributed by atoms with Crippen molar-refractivity contribution >= 4 is 11.8 Å². The Morgan fingerprint density at radius 3 is 2.45 bits per heavy atom. The molecule has 7 heteroatoms. The molecule has 0 aliphatic carbocycles. The largest absolute Gasteiger partial charge is 0.506 e. The molecule has 0 spiro atoms. The molecule has 2 aromatic rings. The minimum Gasteiger partial charge on any atom is -0.450 e. The summed E-state index contributed by atoms with van der Waals surface area (Å²) in [7, 11) is 0. The summed E-state index contributed by atoms with van der Waals surface area (Å²) < 4.78 is 4.83. The van der Waals surface area contributed by atoms with E-state index in [1.54, 1.807) is 18.3 Å². The normalized spacial score (nSPS) is 11.6. The first-order valence-electron chi connectivity index (χ1n) is 5.62. The topological polar surface area (TPSA) is 103 Å². The second-order valence-electron chi connectivity index (χ2n) is 3.90. The molecular formula is C13H10N2O5. The second kappa shape index (κ2) is 5.79. The van der Waals surface area contributed by atoms with Crippen molar-refractivity contribution in [3.8, 4) is 0 Å². The van der Waals surface area contributed by atoms with Gasteiger partial charge in [-0.3, -0.25) is 15.1 Å². The molecule has 1 heterocycles. The fourth-order valence-corrected chi connectivity index (χ4v) is 1.73. The van der Waals surface area contributed by atoms with Gasteiger partial charge in [0.25, 0.3) is 5.69 Å². The Bertz CT molecular complexity index is 612. The van der Waals surface area contributed by atoms with Gasteiger partial charge in [0, 0.05) is 30.1 Å². The number of ether oxygens (including phenoxy) is 1. The summed E-state index contributed by atoms with van der Waals surface area (Å²) in [6, 6.07) is 8.83.